The summed E-state index contributed by atoms with van der Waals surface area (Å²) in [5.41, 5.74) is 1.84. The molecular weight excluding hydrogens is 368 g/mol. The molecule has 2 heterocycles. The lowest BCUT2D eigenvalue weighted by Crippen LogP contribution is -2.31. The maximum atomic E-state index is 13.0. The van der Waals surface area contributed by atoms with Gasteiger partial charge in [0.1, 0.15) is 17.6 Å². The summed E-state index contributed by atoms with van der Waals surface area (Å²) in [5.74, 6) is 1.50. The second-order valence-corrected chi connectivity index (χ2v) is 6.49. The number of carbonyl (C=O) groups is 1. The molecule has 2 aromatic heterocycles. The number of hydrogen-bond donors (Lipinski definition) is 1. The van der Waals surface area contributed by atoms with Crippen molar-refractivity contribution >= 4 is 5.91 Å². The van der Waals surface area contributed by atoms with Crippen molar-refractivity contribution in [2.45, 2.75) is 6.04 Å². The van der Waals surface area contributed by atoms with Crippen LogP contribution in [0.3, 0.4) is 0 Å². The predicted molar refractivity (Wildman–Crippen MR) is 107 cm³/mol. The van der Waals surface area contributed by atoms with Crippen molar-refractivity contribution in [1.82, 2.24) is 20.0 Å². The van der Waals surface area contributed by atoms with E-state index in [-0.39, 0.29) is 11.6 Å². The molecule has 0 spiro atoms. The third-order valence-electron chi connectivity index (χ3n) is 4.64. The van der Waals surface area contributed by atoms with E-state index in [2.05, 4.69) is 15.5 Å². The Morgan fingerprint density at radius 1 is 1.14 bits per heavy atom. The quantitative estimate of drug-likeness (QED) is 0.546. The van der Waals surface area contributed by atoms with Crippen molar-refractivity contribution in [2.24, 2.45) is 7.05 Å². The van der Waals surface area contributed by atoms with Crippen LogP contribution in [0.5, 0.6) is 5.75 Å². The molecule has 0 aliphatic rings. The molecule has 1 unspecified atom stereocenters. The Balaban J connectivity index is 1.66. The summed E-state index contributed by atoms with van der Waals surface area (Å²) >= 11 is 0. The molecule has 4 rings (SSSR count). The number of aryl methyl sites for hydroxylation is 1. The molecule has 0 bridgehead atoms. The van der Waals surface area contributed by atoms with Crippen molar-refractivity contribution in [3.63, 3.8) is 0 Å². The first kappa shape index (κ1) is 18.5. The van der Waals surface area contributed by atoms with Gasteiger partial charge in [-0.3, -0.25) is 4.79 Å². The Morgan fingerprint density at radius 3 is 2.62 bits per heavy atom. The van der Waals surface area contributed by atoms with Crippen molar-refractivity contribution in [1.29, 1.82) is 0 Å². The number of rotatable bonds is 6. The molecule has 2 aromatic carbocycles. The van der Waals surface area contributed by atoms with Gasteiger partial charge < -0.3 is 19.1 Å². The number of nitrogens with zero attached hydrogens (tertiary/aromatic N) is 3. The van der Waals surface area contributed by atoms with Gasteiger partial charge in [-0.25, -0.2) is 4.98 Å². The lowest BCUT2D eigenvalue weighted by atomic mass is 10.0. The number of methoxy groups -OCH3 is 1. The minimum Gasteiger partial charge on any atom is -0.496 e. The van der Waals surface area contributed by atoms with E-state index in [1.807, 2.05) is 72.4 Å². The van der Waals surface area contributed by atoms with Crippen molar-refractivity contribution in [2.75, 3.05) is 7.11 Å². The Bertz CT molecular complexity index is 1120. The van der Waals surface area contributed by atoms with Crippen LogP contribution in [0.2, 0.25) is 0 Å². The number of imidazole rings is 1. The molecule has 0 fully saturated rings. The number of para-hydroxylation sites is 1. The molecule has 0 saturated carbocycles. The fourth-order valence-corrected chi connectivity index (χ4v) is 3.17. The maximum absolute atomic E-state index is 13.0. The molecule has 0 radical (unpaired) electrons. The van der Waals surface area contributed by atoms with Gasteiger partial charge in [-0.15, -0.1) is 0 Å². The molecule has 1 atom stereocenters. The molecule has 7 nitrogen and oxygen atoms in total. The van der Waals surface area contributed by atoms with E-state index in [0.29, 0.717) is 17.3 Å². The highest BCUT2D eigenvalue weighted by atomic mass is 16.5. The minimum atomic E-state index is -0.518. The summed E-state index contributed by atoms with van der Waals surface area (Å²) in [5, 5.41) is 6.95. The fourth-order valence-electron chi connectivity index (χ4n) is 3.17. The first-order valence-electron chi connectivity index (χ1n) is 9.10. The first-order valence-corrected chi connectivity index (χ1v) is 9.10. The Labute approximate surface area is 167 Å². The van der Waals surface area contributed by atoms with E-state index in [1.54, 1.807) is 19.4 Å². The average molecular weight is 388 g/mol. The first-order chi connectivity index (χ1) is 14.2. The van der Waals surface area contributed by atoms with Gasteiger partial charge in [0.15, 0.2) is 11.5 Å². The van der Waals surface area contributed by atoms with Crippen LogP contribution in [-0.4, -0.2) is 27.7 Å². The Morgan fingerprint density at radius 2 is 1.90 bits per heavy atom. The zero-order valence-electron chi connectivity index (χ0n) is 16.1. The highest BCUT2D eigenvalue weighted by Crippen LogP contribution is 2.29. The number of hydrogen-bond acceptors (Lipinski definition) is 5. The number of carbonyl (C=O) groups excluding carboxylic acids is 1. The van der Waals surface area contributed by atoms with Gasteiger partial charge in [-0.05, 0) is 6.07 Å². The highest BCUT2D eigenvalue weighted by Gasteiger charge is 2.25. The number of nitrogens with one attached hydrogen (secondary N) is 1. The topological polar surface area (TPSA) is 82.2 Å². The second kappa shape index (κ2) is 8.02. The van der Waals surface area contributed by atoms with E-state index in [0.717, 1.165) is 11.1 Å². The van der Waals surface area contributed by atoms with Crippen LogP contribution in [0.25, 0.3) is 11.3 Å². The highest BCUT2D eigenvalue weighted by molar-refractivity contribution is 5.93. The third-order valence-corrected chi connectivity index (χ3v) is 4.64. The van der Waals surface area contributed by atoms with E-state index >= 15 is 0 Å². The van der Waals surface area contributed by atoms with E-state index < -0.39 is 6.04 Å². The smallest absolute Gasteiger partial charge is 0.274 e. The molecule has 29 heavy (non-hydrogen) atoms. The number of ether oxygens (including phenoxy) is 1. The second-order valence-electron chi connectivity index (χ2n) is 6.49. The van der Waals surface area contributed by atoms with Crippen molar-refractivity contribution < 1.29 is 14.1 Å². The zero-order valence-corrected chi connectivity index (χ0v) is 16.1. The molecule has 0 saturated heterocycles. The van der Waals surface area contributed by atoms with E-state index in [9.17, 15) is 4.79 Å². The average Bonchev–Trinajstić information content (AvgIpc) is 3.42. The lowest BCUT2D eigenvalue weighted by Gasteiger charge is -2.20. The molecule has 7 heteroatoms. The molecule has 1 amide bonds. The lowest BCUT2D eigenvalue weighted by molar-refractivity contribution is 0.0931. The monoisotopic (exact) mass is 388 g/mol. The normalized spacial score (nSPS) is 11.8. The van der Waals surface area contributed by atoms with Gasteiger partial charge in [0, 0.05) is 36.6 Å². The van der Waals surface area contributed by atoms with Gasteiger partial charge in [-0.2, -0.15) is 0 Å². The summed E-state index contributed by atoms with van der Waals surface area (Å²) in [6, 6.07) is 18.1. The largest absolute Gasteiger partial charge is 0.496 e. The van der Waals surface area contributed by atoms with Crippen LogP contribution in [0.4, 0.5) is 0 Å². The number of amides is 1. The summed E-state index contributed by atoms with van der Waals surface area (Å²) in [6.07, 6.45) is 3.51. The summed E-state index contributed by atoms with van der Waals surface area (Å²) in [7, 11) is 3.47. The van der Waals surface area contributed by atoms with Crippen LogP contribution in [0.15, 0.2) is 77.6 Å². The van der Waals surface area contributed by atoms with E-state index in [4.69, 9.17) is 9.26 Å². The maximum Gasteiger partial charge on any atom is 0.274 e. The van der Waals surface area contributed by atoms with Gasteiger partial charge in [0.2, 0.25) is 0 Å². The van der Waals surface area contributed by atoms with Crippen molar-refractivity contribution in [3.05, 3.63) is 90.1 Å². The molecular formula is C22H20N4O3. The number of benzene rings is 2. The van der Waals surface area contributed by atoms with Crippen LogP contribution in [0, 0.1) is 0 Å². The zero-order chi connectivity index (χ0) is 20.2. The van der Waals surface area contributed by atoms with Crippen LogP contribution in [0.1, 0.15) is 27.9 Å². The van der Waals surface area contributed by atoms with Gasteiger partial charge >= 0.3 is 0 Å². The van der Waals surface area contributed by atoms with E-state index in [1.165, 1.54) is 0 Å². The summed E-state index contributed by atoms with van der Waals surface area (Å²) in [6.45, 7) is 0. The molecule has 0 aliphatic carbocycles. The SMILES string of the molecule is COc1ccccc1C(NC(=O)c1cc(-c2ccccc2)on1)c1nccn1C. The molecule has 0 aliphatic heterocycles. The standard InChI is InChI=1S/C22H20N4O3/c1-26-13-12-23-21(26)20(16-10-6-7-11-18(16)28-2)24-22(27)17-14-19(29-25-17)15-8-4-3-5-9-15/h3-14,20H,1-2H3,(H,24,27). The van der Waals surface area contributed by atoms with Gasteiger partial charge in [0.25, 0.3) is 5.91 Å². The van der Waals surface area contributed by atoms with Gasteiger partial charge in [0.05, 0.1) is 7.11 Å². The van der Waals surface area contributed by atoms with Gasteiger partial charge in [-0.1, -0.05) is 53.7 Å². The minimum absolute atomic E-state index is 0.193. The van der Waals surface area contributed by atoms with Crippen LogP contribution < -0.4 is 10.1 Å². The molecule has 1 N–H and O–H groups in total. The third kappa shape index (κ3) is 3.75. The molecule has 4 aromatic rings. The number of aromatic nitrogens is 3. The fraction of sp³-hybridized carbons (Fsp3) is 0.136. The Kier molecular flexibility index (Phi) is 5.11. The summed E-state index contributed by atoms with van der Waals surface area (Å²) < 4.78 is 12.7. The molecule has 146 valence electrons. The van der Waals surface area contributed by atoms with Crippen molar-refractivity contribution in [3.8, 4) is 17.1 Å². The van der Waals surface area contributed by atoms with Crippen LogP contribution in [-0.2, 0) is 7.05 Å². The Hall–Kier alpha value is -3.87. The summed E-state index contributed by atoms with van der Waals surface area (Å²) in [4.78, 5) is 17.4. The predicted octanol–water partition coefficient (Wildman–Crippen LogP) is 3.60. The van der Waals surface area contributed by atoms with Crippen LogP contribution >= 0.6 is 0 Å².